The number of urea groups is 1. The second-order valence-electron chi connectivity index (χ2n) is 4.38. The highest BCUT2D eigenvalue weighted by Crippen LogP contribution is 2.30. The maximum absolute atomic E-state index is 13.0. The topological polar surface area (TPSA) is 67.4 Å². The fourth-order valence-electron chi connectivity index (χ4n) is 2.14. The molecule has 0 bridgehead atoms. The molecular weight excluding hydrogens is 263 g/mol. The molecule has 5 nitrogen and oxygen atoms in total. The number of amides is 2. The summed E-state index contributed by atoms with van der Waals surface area (Å²) in [4.78, 5) is 23.6. The molecule has 2 rings (SSSR count). The van der Waals surface area contributed by atoms with Crippen molar-refractivity contribution in [3.05, 3.63) is 47.9 Å². The van der Waals surface area contributed by atoms with Crippen molar-refractivity contribution in [2.45, 2.75) is 13.0 Å². The smallest absolute Gasteiger partial charge is 0.319 e. The predicted octanol–water partition coefficient (Wildman–Crippen LogP) is 1.87. The van der Waals surface area contributed by atoms with E-state index >= 15 is 0 Å². The van der Waals surface area contributed by atoms with Gasteiger partial charge in [0.2, 0.25) is 0 Å². The molecule has 2 unspecified atom stereocenters. The van der Waals surface area contributed by atoms with Crippen molar-refractivity contribution in [2.75, 3.05) is 6.61 Å². The second-order valence-corrected chi connectivity index (χ2v) is 4.38. The molecule has 1 fully saturated rings. The largest absolute Gasteiger partial charge is 0.465 e. The van der Waals surface area contributed by atoms with E-state index in [4.69, 9.17) is 4.74 Å². The first-order valence-electron chi connectivity index (χ1n) is 6.21. The van der Waals surface area contributed by atoms with E-state index in [1.807, 2.05) is 0 Å². The van der Waals surface area contributed by atoms with Crippen LogP contribution < -0.4 is 10.6 Å². The fraction of sp³-hybridized carbons (Fsp3) is 0.286. The number of esters is 1. The van der Waals surface area contributed by atoms with Crippen LogP contribution >= 0.6 is 0 Å². The van der Waals surface area contributed by atoms with Crippen LogP contribution in [0.5, 0.6) is 0 Å². The van der Waals surface area contributed by atoms with E-state index < -0.39 is 24.0 Å². The van der Waals surface area contributed by atoms with Crippen LogP contribution in [0.3, 0.4) is 0 Å². The van der Waals surface area contributed by atoms with Crippen molar-refractivity contribution < 1.29 is 18.7 Å². The van der Waals surface area contributed by atoms with Crippen LogP contribution in [0.25, 0.3) is 0 Å². The molecule has 0 radical (unpaired) electrons. The van der Waals surface area contributed by atoms with Gasteiger partial charge in [-0.1, -0.05) is 18.7 Å². The number of carbonyl (C=O) groups excluding carboxylic acids is 2. The molecule has 1 aromatic rings. The summed E-state index contributed by atoms with van der Waals surface area (Å²) < 4.78 is 18.0. The van der Waals surface area contributed by atoms with Gasteiger partial charge in [-0.3, -0.25) is 4.79 Å². The summed E-state index contributed by atoms with van der Waals surface area (Å²) >= 11 is 0. The van der Waals surface area contributed by atoms with E-state index in [-0.39, 0.29) is 18.1 Å². The summed E-state index contributed by atoms with van der Waals surface area (Å²) in [7, 11) is 0. The molecule has 6 heteroatoms. The molecule has 2 amide bonds. The maximum Gasteiger partial charge on any atom is 0.319 e. The van der Waals surface area contributed by atoms with Crippen LogP contribution in [0.1, 0.15) is 18.5 Å². The van der Waals surface area contributed by atoms with Crippen molar-refractivity contribution in [1.29, 1.82) is 0 Å². The SMILES string of the molecule is C=C1NC(=O)NC(c2ccc(F)cc2)C1C(=O)OCC. The average Bonchev–Trinajstić information content (AvgIpc) is 2.38. The summed E-state index contributed by atoms with van der Waals surface area (Å²) in [5.41, 5.74) is 0.877. The molecule has 0 spiro atoms. The van der Waals surface area contributed by atoms with Crippen LogP contribution in [0.2, 0.25) is 0 Å². The Hall–Kier alpha value is -2.37. The first-order chi connectivity index (χ1) is 9.52. The van der Waals surface area contributed by atoms with Gasteiger partial charge in [0, 0.05) is 5.70 Å². The van der Waals surface area contributed by atoms with E-state index in [1.54, 1.807) is 6.92 Å². The van der Waals surface area contributed by atoms with E-state index in [0.717, 1.165) is 0 Å². The number of nitrogens with one attached hydrogen (secondary N) is 2. The van der Waals surface area contributed by atoms with Gasteiger partial charge in [-0.15, -0.1) is 0 Å². The Labute approximate surface area is 115 Å². The number of hydrogen-bond donors (Lipinski definition) is 2. The monoisotopic (exact) mass is 278 g/mol. The zero-order valence-electron chi connectivity index (χ0n) is 11.0. The van der Waals surface area contributed by atoms with Crippen molar-refractivity contribution in [3.63, 3.8) is 0 Å². The number of rotatable bonds is 3. The standard InChI is InChI=1S/C14H15FN2O3/c1-3-20-13(18)11-8(2)16-14(19)17-12(11)9-4-6-10(15)7-5-9/h4-7,11-12H,2-3H2,1H3,(H2,16,17,19). The van der Waals surface area contributed by atoms with E-state index in [1.165, 1.54) is 24.3 Å². The van der Waals surface area contributed by atoms with Crippen molar-refractivity contribution >= 4 is 12.0 Å². The Kier molecular flexibility index (Phi) is 4.02. The molecule has 0 saturated carbocycles. The van der Waals surface area contributed by atoms with E-state index in [9.17, 15) is 14.0 Å². The van der Waals surface area contributed by atoms with Crippen LogP contribution in [0.15, 0.2) is 36.5 Å². The lowest BCUT2D eigenvalue weighted by atomic mass is 9.89. The molecule has 1 heterocycles. The minimum atomic E-state index is -0.752. The quantitative estimate of drug-likeness (QED) is 0.829. The number of ether oxygens (including phenoxy) is 1. The van der Waals surface area contributed by atoms with Gasteiger partial charge in [0.05, 0.1) is 12.6 Å². The second kappa shape index (κ2) is 5.73. The number of carbonyl (C=O) groups is 2. The van der Waals surface area contributed by atoms with Crippen LogP contribution in [0, 0.1) is 11.7 Å². The number of benzene rings is 1. The Bertz CT molecular complexity index is 542. The molecular formula is C14H15FN2O3. The molecule has 0 aliphatic carbocycles. The van der Waals surface area contributed by atoms with Crippen molar-refractivity contribution in [1.82, 2.24) is 10.6 Å². The van der Waals surface area contributed by atoms with Gasteiger partial charge in [0.25, 0.3) is 0 Å². The highest BCUT2D eigenvalue weighted by molar-refractivity contribution is 5.85. The van der Waals surface area contributed by atoms with E-state index in [0.29, 0.717) is 5.56 Å². The molecule has 1 aliphatic heterocycles. The van der Waals surface area contributed by atoms with Crippen LogP contribution in [-0.2, 0) is 9.53 Å². The Balaban J connectivity index is 2.33. The van der Waals surface area contributed by atoms with E-state index in [2.05, 4.69) is 17.2 Å². The van der Waals surface area contributed by atoms with Gasteiger partial charge in [-0.05, 0) is 24.6 Å². The van der Waals surface area contributed by atoms with Gasteiger partial charge in [0.15, 0.2) is 0 Å². The Morgan fingerprint density at radius 1 is 1.40 bits per heavy atom. The summed E-state index contributed by atoms with van der Waals surface area (Å²) in [6, 6.07) is 4.50. The minimum Gasteiger partial charge on any atom is -0.465 e. The van der Waals surface area contributed by atoms with Gasteiger partial charge < -0.3 is 15.4 Å². The maximum atomic E-state index is 13.0. The predicted molar refractivity (Wildman–Crippen MR) is 70.1 cm³/mol. The first-order valence-corrected chi connectivity index (χ1v) is 6.21. The van der Waals surface area contributed by atoms with Crippen LogP contribution in [0.4, 0.5) is 9.18 Å². The number of halogens is 1. The molecule has 0 aromatic heterocycles. The third-order valence-corrected chi connectivity index (χ3v) is 3.04. The van der Waals surface area contributed by atoms with Gasteiger partial charge in [-0.25, -0.2) is 9.18 Å². The van der Waals surface area contributed by atoms with Crippen molar-refractivity contribution in [3.8, 4) is 0 Å². The lowest BCUT2D eigenvalue weighted by molar-refractivity contribution is -0.147. The molecule has 2 atom stereocenters. The lowest BCUT2D eigenvalue weighted by Crippen LogP contribution is -2.51. The normalized spacial score (nSPS) is 21.9. The highest BCUT2D eigenvalue weighted by atomic mass is 19.1. The molecule has 1 saturated heterocycles. The zero-order chi connectivity index (χ0) is 14.7. The summed E-state index contributed by atoms with van der Waals surface area (Å²) in [6.45, 7) is 5.62. The molecule has 20 heavy (non-hydrogen) atoms. The lowest BCUT2D eigenvalue weighted by Gasteiger charge is -2.33. The fourth-order valence-corrected chi connectivity index (χ4v) is 2.14. The molecule has 1 aromatic carbocycles. The third-order valence-electron chi connectivity index (χ3n) is 3.04. The van der Waals surface area contributed by atoms with Gasteiger partial charge >= 0.3 is 12.0 Å². The summed E-state index contributed by atoms with van der Waals surface area (Å²) in [5.74, 6) is -1.63. The zero-order valence-corrected chi connectivity index (χ0v) is 11.0. The van der Waals surface area contributed by atoms with Crippen molar-refractivity contribution in [2.24, 2.45) is 5.92 Å². The number of hydrogen-bond acceptors (Lipinski definition) is 3. The summed E-state index contributed by atoms with van der Waals surface area (Å²) in [6.07, 6.45) is 0. The highest BCUT2D eigenvalue weighted by Gasteiger charge is 2.38. The Morgan fingerprint density at radius 2 is 2.05 bits per heavy atom. The third kappa shape index (κ3) is 2.79. The minimum absolute atomic E-state index is 0.229. The van der Waals surface area contributed by atoms with Crippen LogP contribution in [-0.4, -0.2) is 18.6 Å². The summed E-state index contributed by atoms with van der Waals surface area (Å²) in [5, 5.41) is 5.10. The van der Waals surface area contributed by atoms with Gasteiger partial charge in [0.1, 0.15) is 11.7 Å². The average molecular weight is 278 g/mol. The molecule has 1 aliphatic rings. The van der Waals surface area contributed by atoms with Gasteiger partial charge in [-0.2, -0.15) is 0 Å². The first kappa shape index (κ1) is 14.0. The molecule has 2 N–H and O–H groups in total. The Morgan fingerprint density at radius 3 is 2.65 bits per heavy atom. The molecule has 106 valence electrons.